The average molecular weight is 480 g/mol. The van der Waals surface area contributed by atoms with Crippen LogP contribution in [-0.4, -0.2) is 113 Å². The van der Waals surface area contributed by atoms with Crippen LogP contribution in [0, 0.1) is 0 Å². The van der Waals surface area contributed by atoms with E-state index < -0.39 is 0 Å². The minimum absolute atomic E-state index is 0. The lowest BCUT2D eigenvalue weighted by molar-refractivity contribution is 0.0116. The molecule has 186 valence electrons. The number of nitrogens with two attached hydrogens (primary N) is 2. The number of ether oxygens (including phenoxy) is 5. The summed E-state index contributed by atoms with van der Waals surface area (Å²) in [7, 11) is 3.12. The molecule has 32 heavy (non-hydrogen) atoms. The molecule has 1 aromatic heterocycles. The third-order valence-electron chi connectivity index (χ3n) is 4.55. The Morgan fingerprint density at radius 2 is 1.41 bits per heavy atom. The Balaban J connectivity index is 0.00000512. The van der Waals surface area contributed by atoms with Crippen molar-refractivity contribution in [2.45, 2.75) is 4.90 Å². The number of hydrogen-bond acceptors (Lipinski definition) is 13. The topological polar surface area (TPSA) is 174 Å². The summed E-state index contributed by atoms with van der Waals surface area (Å²) >= 11 is 1.15. The highest BCUT2D eigenvalue weighted by Gasteiger charge is 2.23. The molecule has 14 heteroatoms. The Hall–Kier alpha value is -1.49. The second-order valence-corrected chi connectivity index (χ2v) is 7.39. The smallest absolute Gasteiger partial charge is 0.237 e. The van der Waals surface area contributed by atoms with Crippen LogP contribution in [0.1, 0.15) is 0 Å². The van der Waals surface area contributed by atoms with E-state index >= 15 is 0 Å². The van der Waals surface area contributed by atoms with Gasteiger partial charge >= 0.3 is 0 Å². The van der Waals surface area contributed by atoms with Crippen LogP contribution in [0.4, 0.5) is 5.95 Å². The standard InChI is InChI=1S/C18H35N7O5S.H2O/c1-26-16-15(31-23-20)17(27-2)22-18(21-16)25-6-4-24(5-7-25)8-10-29-12-14-30-13-11-28-9-3-19;/h23H,3-14,19-20H2,1-2H3;1H2. The van der Waals surface area contributed by atoms with Gasteiger partial charge in [0.25, 0.3) is 0 Å². The van der Waals surface area contributed by atoms with Crippen LogP contribution in [0.25, 0.3) is 0 Å². The number of hydrogen-bond donors (Lipinski definition) is 3. The quantitative estimate of drug-likeness (QED) is 0.106. The van der Waals surface area contributed by atoms with Crippen LogP contribution in [0.5, 0.6) is 11.8 Å². The molecule has 1 aliphatic rings. The van der Waals surface area contributed by atoms with E-state index in [0.717, 1.165) is 44.7 Å². The van der Waals surface area contributed by atoms with E-state index in [1.807, 2.05) is 0 Å². The molecule has 0 unspecified atom stereocenters. The van der Waals surface area contributed by atoms with E-state index in [2.05, 4.69) is 24.6 Å². The summed E-state index contributed by atoms with van der Waals surface area (Å²) in [5, 5.41) is 0. The van der Waals surface area contributed by atoms with Gasteiger partial charge in [0.05, 0.1) is 53.9 Å². The third-order valence-corrected chi connectivity index (χ3v) is 5.22. The van der Waals surface area contributed by atoms with Crippen molar-refractivity contribution >= 4 is 17.9 Å². The zero-order chi connectivity index (χ0) is 22.3. The fraction of sp³-hybridized carbons (Fsp3) is 0.778. The van der Waals surface area contributed by atoms with Crippen molar-refractivity contribution in [3.63, 3.8) is 0 Å². The van der Waals surface area contributed by atoms with Crippen molar-refractivity contribution in [1.29, 1.82) is 0 Å². The van der Waals surface area contributed by atoms with E-state index in [1.54, 1.807) is 14.2 Å². The lowest BCUT2D eigenvalue weighted by Crippen LogP contribution is -2.48. The maximum Gasteiger partial charge on any atom is 0.237 e. The molecule has 0 aliphatic carbocycles. The number of methoxy groups -OCH3 is 2. The summed E-state index contributed by atoms with van der Waals surface area (Å²) in [6, 6.07) is 0. The molecule has 13 nitrogen and oxygen atoms in total. The first kappa shape index (κ1) is 28.5. The third kappa shape index (κ3) is 9.56. The molecule has 0 atom stereocenters. The maximum atomic E-state index is 5.65. The van der Waals surface area contributed by atoms with Crippen LogP contribution < -0.4 is 30.8 Å². The summed E-state index contributed by atoms with van der Waals surface area (Å²) in [6.45, 7) is 8.31. The van der Waals surface area contributed by atoms with Gasteiger partial charge in [-0.05, 0) is 11.9 Å². The van der Waals surface area contributed by atoms with E-state index in [1.165, 1.54) is 0 Å². The van der Waals surface area contributed by atoms with Crippen molar-refractivity contribution in [3.05, 3.63) is 0 Å². The van der Waals surface area contributed by atoms with Crippen molar-refractivity contribution < 1.29 is 29.2 Å². The Labute approximate surface area is 193 Å². The van der Waals surface area contributed by atoms with Crippen molar-refractivity contribution in [2.24, 2.45) is 11.6 Å². The molecule has 0 saturated carbocycles. The SMILES string of the molecule is COc1nc(N2CCN(CCOCCOCCOCCN)CC2)nc(OC)c1SNN.O. The summed E-state index contributed by atoms with van der Waals surface area (Å²) in [5.41, 5.74) is 5.35. The number of hydrazine groups is 1. The van der Waals surface area contributed by atoms with Gasteiger partial charge in [-0.15, -0.1) is 0 Å². The first-order chi connectivity index (χ1) is 15.2. The minimum atomic E-state index is 0. The van der Waals surface area contributed by atoms with Crippen LogP contribution in [0.15, 0.2) is 4.90 Å². The zero-order valence-electron chi connectivity index (χ0n) is 18.9. The van der Waals surface area contributed by atoms with Crippen molar-refractivity contribution in [2.75, 3.05) is 98.0 Å². The van der Waals surface area contributed by atoms with Crippen molar-refractivity contribution in [1.82, 2.24) is 19.7 Å². The molecule has 1 fully saturated rings. The predicted molar refractivity (Wildman–Crippen MR) is 122 cm³/mol. The molecule has 7 N–H and O–H groups in total. The molecule has 1 saturated heterocycles. The van der Waals surface area contributed by atoms with Gasteiger partial charge < -0.3 is 39.8 Å². The lowest BCUT2D eigenvalue weighted by atomic mass is 10.3. The number of rotatable bonds is 16. The molecule has 1 aliphatic heterocycles. The zero-order valence-corrected chi connectivity index (χ0v) is 19.7. The van der Waals surface area contributed by atoms with Gasteiger partial charge in [0.15, 0.2) is 0 Å². The van der Waals surface area contributed by atoms with Gasteiger partial charge in [0.2, 0.25) is 17.7 Å². The lowest BCUT2D eigenvalue weighted by Gasteiger charge is -2.34. The number of nitrogens with one attached hydrogen (secondary N) is 1. The Morgan fingerprint density at radius 3 is 1.91 bits per heavy atom. The van der Waals surface area contributed by atoms with Gasteiger partial charge in [-0.1, -0.05) is 0 Å². The van der Waals surface area contributed by atoms with Gasteiger partial charge in [-0.2, -0.15) is 14.8 Å². The summed E-state index contributed by atoms with van der Waals surface area (Å²) < 4.78 is 27.1. The number of nitrogens with zero attached hydrogens (tertiary/aromatic N) is 4. The second kappa shape index (κ2) is 17.0. The molecule has 2 heterocycles. The Bertz CT molecular complexity index is 600. The summed E-state index contributed by atoms with van der Waals surface area (Å²) in [6.07, 6.45) is 0. The first-order valence-corrected chi connectivity index (χ1v) is 11.1. The normalized spacial score (nSPS) is 14.3. The minimum Gasteiger partial charge on any atom is -0.480 e. The second-order valence-electron chi connectivity index (χ2n) is 6.55. The molecule has 0 bridgehead atoms. The fourth-order valence-corrected chi connectivity index (χ4v) is 3.50. The highest BCUT2D eigenvalue weighted by atomic mass is 32.2. The molecule has 2 rings (SSSR count). The van der Waals surface area contributed by atoms with E-state index in [9.17, 15) is 0 Å². The van der Waals surface area contributed by atoms with Crippen molar-refractivity contribution in [3.8, 4) is 11.8 Å². The number of anilines is 1. The summed E-state index contributed by atoms with van der Waals surface area (Å²) in [4.78, 5) is 16.6. The maximum absolute atomic E-state index is 5.65. The van der Waals surface area contributed by atoms with Gasteiger partial charge in [0.1, 0.15) is 4.90 Å². The molecular weight excluding hydrogens is 442 g/mol. The monoisotopic (exact) mass is 479 g/mol. The van der Waals surface area contributed by atoms with E-state index in [4.69, 9.17) is 35.3 Å². The van der Waals surface area contributed by atoms with Crippen LogP contribution in [-0.2, 0) is 14.2 Å². The number of piperazine rings is 1. The van der Waals surface area contributed by atoms with E-state index in [0.29, 0.717) is 68.8 Å². The largest absolute Gasteiger partial charge is 0.480 e. The molecule has 0 aromatic carbocycles. The van der Waals surface area contributed by atoms with Gasteiger partial charge in [0, 0.05) is 39.3 Å². The molecule has 0 amide bonds. The van der Waals surface area contributed by atoms with Crippen LogP contribution in [0.3, 0.4) is 0 Å². The Morgan fingerprint density at radius 1 is 0.875 bits per heavy atom. The average Bonchev–Trinajstić information content (AvgIpc) is 2.81. The predicted octanol–water partition coefficient (Wildman–Crippen LogP) is -1.73. The van der Waals surface area contributed by atoms with Crippen LogP contribution >= 0.6 is 11.9 Å². The fourth-order valence-electron chi connectivity index (χ4n) is 2.95. The molecule has 1 aromatic rings. The van der Waals surface area contributed by atoms with Gasteiger partial charge in [-0.3, -0.25) is 10.7 Å². The van der Waals surface area contributed by atoms with E-state index in [-0.39, 0.29) is 5.48 Å². The highest BCUT2D eigenvalue weighted by molar-refractivity contribution is 7.97. The molecule has 0 radical (unpaired) electrons. The summed E-state index contributed by atoms with van der Waals surface area (Å²) in [5.74, 6) is 6.84. The molecule has 0 spiro atoms. The first-order valence-electron chi connectivity index (χ1n) is 10.3. The molecular formula is C18H37N7O6S. The van der Waals surface area contributed by atoms with Gasteiger partial charge in [-0.25, -0.2) is 0 Å². The Kier molecular flexibility index (Phi) is 15.2. The number of aromatic nitrogens is 2. The van der Waals surface area contributed by atoms with Crippen LogP contribution in [0.2, 0.25) is 0 Å². The highest BCUT2D eigenvalue weighted by Crippen LogP contribution is 2.34.